The van der Waals surface area contributed by atoms with E-state index in [9.17, 15) is 0 Å². The molecule has 0 radical (unpaired) electrons. The SMILES string of the molecule is CCCCc1nc(C(=N)N)c(C(=N)OC(C)C)n1Cc1ccc(C(C)(C)N)cc1. The van der Waals surface area contributed by atoms with Crippen molar-refractivity contribution in [1.82, 2.24) is 9.55 Å². The van der Waals surface area contributed by atoms with Gasteiger partial charge in [-0.15, -0.1) is 0 Å². The summed E-state index contributed by atoms with van der Waals surface area (Å²) < 4.78 is 7.60. The van der Waals surface area contributed by atoms with Crippen molar-refractivity contribution in [2.45, 2.75) is 72.1 Å². The first kappa shape index (κ1) is 22.6. The number of hydrogen-bond donors (Lipinski definition) is 4. The highest BCUT2D eigenvalue weighted by atomic mass is 16.5. The molecule has 0 saturated carbocycles. The zero-order valence-electron chi connectivity index (χ0n) is 18.2. The highest BCUT2D eigenvalue weighted by molar-refractivity contribution is 6.04. The number of unbranched alkanes of at least 4 members (excludes halogenated alkanes) is 1. The Balaban J connectivity index is 2.51. The van der Waals surface area contributed by atoms with Gasteiger partial charge in [0, 0.05) is 18.5 Å². The van der Waals surface area contributed by atoms with E-state index in [1.165, 1.54) is 0 Å². The van der Waals surface area contributed by atoms with Crippen LogP contribution in [-0.2, 0) is 23.2 Å². The number of nitrogens with two attached hydrogens (primary N) is 2. The molecule has 0 amide bonds. The highest BCUT2D eigenvalue weighted by Gasteiger charge is 2.24. The van der Waals surface area contributed by atoms with Crippen LogP contribution in [0.5, 0.6) is 0 Å². The summed E-state index contributed by atoms with van der Waals surface area (Å²) in [7, 11) is 0. The largest absolute Gasteiger partial charge is 0.474 e. The molecule has 0 spiro atoms. The van der Waals surface area contributed by atoms with Crippen molar-refractivity contribution in [3.8, 4) is 0 Å². The maximum atomic E-state index is 8.46. The van der Waals surface area contributed by atoms with E-state index >= 15 is 0 Å². The molecule has 0 unspecified atom stereocenters. The number of benzene rings is 1. The molecule has 0 aliphatic carbocycles. The van der Waals surface area contributed by atoms with Crippen molar-refractivity contribution in [3.63, 3.8) is 0 Å². The summed E-state index contributed by atoms with van der Waals surface area (Å²) in [5, 5.41) is 16.4. The van der Waals surface area contributed by atoms with Gasteiger partial charge in [0.25, 0.3) is 0 Å². The molecule has 7 nitrogen and oxygen atoms in total. The molecule has 7 heteroatoms. The van der Waals surface area contributed by atoms with Gasteiger partial charge < -0.3 is 20.8 Å². The lowest BCUT2D eigenvalue weighted by Crippen LogP contribution is -2.28. The molecule has 1 aromatic carbocycles. The van der Waals surface area contributed by atoms with Gasteiger partial charge in [0.15, 0.2) is 0 Å². The first-order valence-electron chi connectivity index (χ1n) is 10.1. The fourth-order valence-electron chi connectivity index (χ4n) is 3.13. The number of hydrogen-bond acceptors (Lipinski definition) is 5. The molecule has 29 heavy (non-hydrogen) atoms. The maximum absolute atomic E-state index is 8.46. The van der Waals surface area contributed by atoms with Gasteiger partial charge in [-0.1, -0.05) is 37.6 Å². The third-order valence-electron chi connectivity index (χ3n) is 4.66. The van der Waals surface area contributed by atoms with Gasteiger partial charge in [-0.2, -0.15) is 0 Å². The number of amidine groups is 1. The van der Waals surface area contributed by atoms with Crippen LogP contribution in [0.25, 0.3) is 0 Å². The Morgan fingerprint density at radius 2 is 1.83 bits per heavy atom. The van der Waals surface area contributed by atoms with Crippen molar-refractivity contribution < 1.29 is 4.74 Å². The molecule has 0 aliphatic rings. The van der Waals surface area contributed by atoms with Gasteiger partial charge in [-0.3, -0.25) is 10.8 Å². The van der Waals surface area contributed by atoms with Gasteiger partial charge >= 0.3 is 0 Å². The molecule has 1 aromatic heterocycles. The zero-order chi connectivity index (χ0) is 21.8. The average molecular weight is 399 g/mol. The maximum Gasteiger partial charge on any atom is 0.233 e. The van der Waals surface area contributed by atoms with E-state index < -0.39 is 5.54 Å². The average Bonchev–Trinajstić information content (AvgIpc) is 2.97. The number of aromatic nitrogens is 2. The smallest absolute Gasteiger partial charge is 0.233 e. The Hall–Kier alpha value is -2.67. The van der Waals surface area contributed by atoms with E-state index in [1.807, 2.05) is 56.5 Å². The lowest BCUT2D eigenvalue weighted by Gasteiger charge is -2.20. The van der Waals surface area contributed by atoms with Gasteiger partial charge in [-0.05, 0) is 45.2 Å². The standard InChI is InChI=1S/C22H34N6O/c1-6-7-8-17-27-18(20(23)24)19(21(25)29-14(2)3)28(17)13-15-9-11-16(12-10-15)22(4,5)26/h9-12,14,25H,6-8,13,26H2,1-5H3,(H3,23,24). The van der Waals surface area contributed by atoms with Crippen LogP contribution >= 0.6 is 0 Å². The van der Waals surface area contributed by atoms with Gasteiger partial charge in [0.2, 0.25) is 5.90 Å². The van der Waals surface area contributed by atoms with Crippen molar-refractivity contribution in [3.05, 3.63) is 52.6 Å². The molecule has 158 valence electrons. The summed E-state index contributed by atoms with van der Waals surface area (Å²) in [5.74, 6) is 0.640. The van der Waals surface area contributed by atoms with E-state index in [1.54, 1.807) is 0 Å². The number of aryl methyl sites for hydroxylation is 1. The van der Waals surface area contributed by atoms with Crippen molar-refractivity contribution in [2.75, 3.05) is 0 Å². The lowest BCUT2D eigenvalue weighted by atomic mass is 9.95. The number of imidazole rings is 1. The summed E-state index contributed by atoms with van der Waals surface area (Å²) in [6, 6.07) is 8.13. The lowest BCUT2D eigenvalue weighted by molar-refractivity contribution is 0.226. The van der Waals surface area contributed by atoms with E-state index in [-0.39, 0.29) is 17.8 Å². The third kappa shape index (κ3) is 5.67. The molecule has 0 fully saturated rings. The van der Waals surface area contributed by atoms with Crippen LogP contribution in [0.15, 0.2) is 24.3 Å². The summed E-state index contributed by atoms with van der Waals surface area (Å²) in [6.07, 6.45) is 2.58. The fourth-order valence-corrected chi connectivity index (χ4v) is 3.13. The molecular weight excluding hydrogens is 364 g/mol. The minimum atomic E-state index is -0.403. The van der Waals surface area contributed by atoms with Crippen LogP contribution < -0.4 is 11.5 Å². The number of nitrogen functional groups attached to an aromatic ring is 1. The topological polar surface area (TPSA) is 127 Å². The van der Waals surface area contributed by atoms with E-state index in [0.717, 1.165) is 36.2 Å². The molecule has 2 rings (SSSR count). The molecular formula is C22H34N6O. The van der Waals surface area contributed by atoms with E-state index in [4.69, 9.17) is 27.0 Å². The number of rotatable bonds is 9. The zero-order valence-corrected chi connectivity index (χ0v) is 18.2. The van der Waals surface area contributed by atoms with Crippen LogP contribution in [0.3, 0.4) is 0 Å². The monoisotopic (exact) mass is 398 g/mol. The van der Waals surface area contributed by atoms with Gasteiger partial charge in [0.05, 0.1) is 6.10 Å². The Morgan fingerprint density at radius 3 is 2.31 bits per heavy atom. The fraction of sp³-hybridized carbons (Fsp3) is 0.500. The third-order valence-corrected chi connectivity index (χ3v) is 4.66. The number of nitrogens with zero attached hydrogens (tertiary/aromatic N) is 2. The summed E-state index contributed by atoms with van der Waals surface area (Å²) in [6.45, 7) is 10.3. The summed E-state index contributed by atoms with van der Waals surface area (Å²) >= 11 is 0. The summed E-state index contributed by atoms with van der Waals surface area (Å²) in [5.41, 5.74) is 14.5. The van der Waals surface area contributed by atoms with Gasteiger partial charge in [0.1, 0.15) is 23.0 Å². The predicted molar refractivity (Wildman–Crippen MR) is 118 cm³/mol. The normalized spacial score (nSPS) is 11.7. The highest BCUT2D eigenvalue weighted by Crippen LogP contribution is 2.21. The predicted octanol–water partition coefficient (Wildman–Crippen LogP) is 3.50. The van der Waals surface area contributed by atoms with Crippen LogP contribution in [0.1, 0.15) is 75.8 Å². The second kappa shape index (κ2) is 9.22. The minimum Gasteiger partial charge on any atom is -0.474 e. The summed E-state index contributed by atoms with van der Waals surface area (Å²) in [4.78, 5) is 4.60. The Labute approximate surface area is 173 Å². The van der Waals surface area contributed by atoms with E-state index in [2.05, 4.69) is 11.9 Å². The van der Waals surface area contributed by atoms with Gasteiger partial charge in [-0.25, -0.2) is 4.98 Å². The second-order valence-electron chi connectivity index (χ2n) is 8.24. The minimum absolute atomic E-state index is 0.0137. The molecule has 0 bridgehead atoms. The van der Waals surface area contributed by atoms with Crippen LogP contribution in [-0.4, -0.2) is 27.4 Å². The second-order valence-corrected chi connectivity index (χ2v) is 8.24. The van der Waals surface area contributed by atoms with Crippen molar-refractivity contribution in [1.29, 1.82) is 10.8 Å². The van der Waals surface area contributed by atoms with Crippen molar-refractivity contribution >= 4 is 11.7 Å². The van der Waals surface area contributed by atoms with Crippen LogP contribution in [0.2, 0.25) is 0 Å². The first-order chi connectivity index (χ1) is 13.5. The molecule has 1 heterocycles. The molecule has 6 N–H and O–H groups in total. The quantitative estimate of drug-likeness (QED) is 0.381. The van der Waals surface area contributed by atoms with E-state index in [0.29, 0.717) is 17.9 Å². The number of nitrogens with one attached hydrogen (secondary N) is 2. The van der Waals surface area contributed by atoms with Crippen LogP contribution in [0, 0.1) is 10.8 Å². The first-order valence-corrected chi connectivity index (χ1v) is 10.1. The Bertz CT molecular complexity index is 859. The number of ether oxygens (including phenoxy) is 1. The molecule has 0 atom stereocenters. The molecule has 0 saturated heterocycles. The Morgan fingerprint density at radius 1 is 1.21 bits per heavy atom. The Kier molecular flexibility index (Phi) is 7.19. The van der Waals surface area contributed by atoms with Crippen LogP contribution in [0.4, 0.5) is 0 Å². The molecule has 2 aromatic rings. The van der Waals surface area contributed by atoms with Crippen molar-refractivity contribution in [2.24, 2.45) is 11.5 Å². The molecule has 0 aliphatic heterocycles.